The number of hydrogen-bond acceptors (Lipinski definition) is 4. The summed E-state index contributed by atoms with van der Waals surface area (Å²) in [5, 5.41) is 12.1. The number of aliphatic hydroxyl groups excluding tert-OH is 1. The normalized spacial score (nSPS) is 19.4. The third-order valence-electron chi connectivity index (χ3n) is 4.58. The van der Waals surface area contributed by atoms with Crippen LogP contribution in [0.15, 0.2) is 34.9 Å². The van der Waals surface area contributed by atoms with E-state index in [1.165, 1.54) is 0 Å². The second kappa shape index (κ2) is 7.53. The van der Waals surface area contributed by atoms with E-state index in [0.29, 0.717) is 11.1 Å². The lowest BCUT2D eigenvalue weighted by molar-refractivity contribution is -0.0166. The molecular formula is C20H25BrN2O3. The molecule has 6 heteroatoms. The quantitative estimate of drug-likeness (QED) is 0.707. The van der Waals surface area contributed by atoms with Crippen LogP contribution >= 0.6 is 15.9 Å². The molecule has 1 saturated heterocycles. The SMILES string of the molecule is CC(C)(C)OC(=O)N1CCCCC1C(O)c1cc(Br)nc2ccccc12. The monoisotopic (exact) mass is 420 g/mol. The molecule has 1 aliphatic heterocycles. The summed E-state index contributed by atoms with van der Waals surface area (Å²) in [5.41, 5.74) is 1.04. The molecule has 0 spiro atoms. The Hall–Kier alpha value is -1.66. The van der Waals surface area contributed by atoms with Crippen molar-refractivity contribution in [3.8, 4) is 0 Å². The number of halogens is 1. The van der Waals surface area contributed by atoms with Crippen LogP contribution in [-0.2, 0) is 4.74 Å². The van der Waals surface area contributed by atoms with Crippen molar-refractivity contribution < 1.29 is 14.6 Å². The molecule has 2 atom stereocenters. The summed E-state index contributed by atoms with van der Waals surface area (Å²) in [6, 6.07) is 9.26. The molecule has 1 N–H and O–H groups in total. The van der Waals surface area contributed by atoms with E-state index in [1.807, 2.05) is 51.1 Å². The van der Waals surface area contributed by atoms with Crippen LogP contribution in [0.4, 0.5) is 4.79 Å². The van der Waals surface area contributed by atoms with Crippen molar-refractivity contribution in [1.82, 2.24) is 9.88 Å². The van der Waals surface area contributed by atoms with Gasteiger partial charge in [0.15, 0.2) is 0 Å². The van der Waals surface area contributed by atoms with Crippen LogP contribution in [0.3, 0.4) is 0 Å². The topological polar surface area (TPSA) is 62.7 Å². The van der Waals surface area contributed by atoms with Gasteiger partial charge in [-0.05, 0) is 73.7 Å². The highest BCUT2D eigenvalue weighted by Crippen LogP contribution is 2.34. The van der Waals surface area contributed by atoms with Crippen molar-refractivity contribution in [2.45, 2.75) is 57.8 Å². The zero-order valence-corrected chi connectivity index (χ0v) is 17.0. The number of pyridine rings is 1. The number of nitrogens with zero attached hydrogens (tertiary/aromatic N) is 2. The number of likely N-dealkylation sites (tertiary alicyclic amines) is 1. The fraction of sp³-hybridized carbons (Fsp3) is 0.500. The fourth-order valence-corrected chi connectivity index (χ4v) is 3.89. The Morgan fingerprint density at radius 3 is 2.81 bits per heavy atom. The van der Waals surface area contributed by atoms with E-state index in [1.54, 1.807) is 4.90 Å². The molecule has 2 heterocycles. The number of ether oxygens (including phenoxy) is 1. The van der Waals surface area contributed by atoms with E-state index in [2.05, 4.69) is 20.9 Å². The Balaban J connectivity index is 1.94. The highest BCUT2D eigenvalue weighted by Gasteiger charge is 2.36. The van der Waals surface area contributed by atoms with E-state index in [-0.39, 0.29) is 12.1 Å². The molecule has 2 aromatic rings. The summed E-state index contributed by atoms with van der Waals surface area (Å²) < 4.78 is 6.23. The molecule has 1 amide bonds. The predicted molar refractivity (Wildman–Crippen MR) is 105 cm³/mol. The van der Waals surface area contributed by atoms with Gasteiger partial charge in [0.05, 0.1) is 11.6 Å². The van der Waals surface area contributed by atoms with Crippen molar-refractivity contribution in [2.75, 3.05) is 6.54 Å². The highest BCUT2D eigenvalue weighted by molar-refractivity contribution is 9.10. The first kappa shape index (κ1) is 19.1. The first-order valence-corrected chi connectivity index (χ1v) is 9.78. The van der Waals surface area contributed by atoms with Crippen LogP contribution in [0.2, 0.25) is 0 Å². The first-order chi connectivity index (χ1) is 12.3. The molecule has 140 valence electrons. The lowest BCUT2D eigenvalue weighted by Crippen LogP contribution is -2.48. The molecule has 0 bridgehead atoms. The lowest BCUT2D eigenvalue weighted by atomic mass is 9.91. The highest BCUT2D eigenvalue weighted by atomic mass is 79.9. The molecule has 0 aliphatic carbocycles. The minimum Gasteiger partial charge on any atom is -0.444 e. The van der Waals surface area contributed by atoms with Gasteiger partial charge >= 0.3 is 6.09 Å². The van der Waals surface area contributed by atoms with E-state index in [4.69, 9.17) is 4.74 Å². The molecule has 0 radical (unpaired) electrons. The van der Waals surface area contributed by atoms with Gasteiger partial charge in [-0.25, -0.2) is 9.78 Å². The van der Waals surface area contributed by atoms with Crippen LogP contribution in [0.25, 0.3) is 10.9 Å². The van der Waals surface area contributed by atoms with Crippen LogP contribution in [0.1, 0.15) is 51.7 Å². The standard InChI is InChI=1S/C20H25BrN2O3/c1-20(2,3)26-19(25)23-11-7-6-10-16(23)18(24)14-12-17(21)22-15-9-5-4-8-13(14)15/h4-5,8-9,12,16,18,24H,6-7,10-11H2,1-3H3. The number of aromatic nitrogens is 1. The van der Waals surface area contributed by atoms with E-state index in [9.17, 15) is 9.90 Å². The average molecular weight is 421 g/mol. The molecular weight excluding hydrogens is 396 g/mol. The number of aliphatic hydroxyl groups is 1. The van der Waals surface area contributed by atoms with Crippen LogP contribution in [0, 0.1) is 0 Å². The molecule has 5 nitrogen and oxygen atoms in total. The number of hydrogen-bond donors (Lipinski definition) is 1. The maximum Gasteiger partial charge on any atom is 0.410 e. The second-order valence-corrected chi connectivity index (χ2v) is 8.55. The summed E-state index contributed by atoms with van der Waals surface area (Å²) in [5.74, 6) is 0. The number of benzene rings is 1. The molecule has 0 saturated carbocycles. The molecule has 1 fully saturated rings. The van der Waals surface area contributed by atoms with E-state index < -0.39 is 11.7 Å². The summed E-state index contributed by atoms with van der Waals surface area (Å²) in [4.78, 5) is 18.8. The number of rotatable bonds is 2. The van der Waals surface area contributed by atoms with Crippen molar-refractivity contribution >= 4 is 32.9 Å². The largest absolute Gasteiger partial charge is 0.444 e. The molecule has 2 unspecified atom stereocenters. The van der Waals surface area contributed by atoms with Crippen LogP contribution in [0.5, 0.6) is 0 Å². The Bertz CT molecular complexity index is 803. The zero-order valence-electron chi connectivity index (χ0n) is 15.4. The molecule has 26 heavy (non-hydrogen) atoms. The zero-order chi connectivity index (χ0) is 18.9. The summed E-state index contributed by atoms with van der Waals surface area (Å²) in [6.45, 7) is 6.16. The number of carbonyl (C=O) groups excluding carboxylic acids is 1. The van der Waals surface area contributed by atoms with E-state index >= 15 is 0 Å². The number of carbonyl (C=O) groups is 1. The minimum atomic E-state index is -0.799. The number of para-hydroxylation sites is 1. The van der Waals surface area contributed by atoms with Crippen molar-refractivity contribution in [3.05, 3.63) is 40.5 Å². The van der Waals surface area contributed by atoms with Crippen molar-refractivity contribution in [1.29, 1.82) is 0 Å². The number of fused-ring (bicyclic) bond motifs is 1. The van der Waals surface area contributed by atoms with Gasteiger partial charge in [0.25, 0.3) is 0 Å². The van der Waals surface area contributed by atoms with E-state index in [0.717, 1.165) is 35.7 Å². The van der Waals surface area contributed by atoms with Gasteiger partial charge < -0.3 is 14.7 Å². The smallest absolute Gasteiger partial charge is 0.410 e. The first-order valence-electron chi connectivity index (χ1n) is 8.99. The maximum atomic E-state index is 12.7. The summed E-state index contributed by atoms with van der Waals surface area (Å²) in [7, 11) is 0. The van der Waals surface area contributed by atoms with Crippen molar-refractivity contribution in [2.24, 2.45) is 0 Å². The second-order valence-electron chi connectivity index (χ2n) is 7.73. The average Bonchev–Trinajstić information content (AvgIpc) is 2.59. The van der Waals surface area contributed by atoms with Crippen LogP contribution < -0.4 is 0 Å². The summed E-state index contributed by atoms with van der Waals surface area (Å²) >= 11 is 3.43. The number of amides is 1. The fourth-order valence-electron chi connectivity index (χ4n) is 3.45. The van der Waals surface area contributed by atoms with Crippen molar-refractivity contribution in [3.63, 3.8) is 0 Å². The van der Waals surface area contributed by atoms with Gasteiger partial charge in [-0.3, -0.25) is 0 Å². The number of piperidine rings is 1. The Labute approximate surface area is 162 Å². The van der Waals surface area contributed by atoms with Gasteiger partial charge in [-0.1, -0.05) is 18.2 Å². The Kier molecular flexibility index (Phi) is 5.53. The van der Waals surface area contributed by atoms with Gasteiger partial charge in [0.1, 0.15) is 16.3 Å². The predicted octanol–water partition coefficient (Wildman–Crippen LogP) is 4.82. The summed E-state index contributed by atoms with van der Waals surface area (Å²) in [6.07, 6.45) is 1.48. The van der Waals surface area contributed by atoms with Gasteiger partial charge in [-0.15, -0.1) is 0 Å². The van der Waals surface area contributed by atoms with Crippen LogP contribution in [-0.4, -0.2) is 39.3 Å². The minimum absolute atomic E-state index is 0.309. The third kappa shape index (κ3) is 4.18. The maximum absolute atomic E-state index is 12.7. The van der Waals surface area contributed by atoms with Gasteiger partial charge in [-0.2, -0.15) is 0 Å². The van der Waals surface area contributed by atoms with Gasteiger partial charge in [0.2, 0.25) is 0 Å². The lowest BCUT2D eigenvalue weighted by Gasteiger charge is -2.39. The molecule has 1 aromatic carbocycles. The third-order valence-corrected chi connectivity index (χ3v) is 4.98. The molecule has 3 rings (SSSR count). The molecule has 1 aromatic heterocycles. The Morgan fingerprint density at radius 1 is 1.35 bits per heavy atom. The Morgan fingerprint density at radius 2 is 2.08 bits per heavy atom. The molecule has 1 aliphatic rings. The van der Waals surface area contributed by atoms with Gasteiger partial charge in [0, 0.05) is 11.9 Å².